The molecule has 1 fully saturated rings. The van der Waals surface area contributed by atoms with Gasteiger partial charge in [0.1, 0.15) is 11.6 Å². The van der Waals surface area contributed by atoms with E-state index in [1.807, 2.05) is 6.20 Å². The highest BCUT2D eigenvalue weighted by Crippen LogP contribution is 2.21. The second kappa shape index (κ2) is 6.40. The molecule has 0 aliphatic carbocycles. The first-order valence-electron chi connectivity index (χ1n) is 6.00. The molecule has 0 amide bonds. The van der Waals surface area contributed by atoms with Gasteiger partial charge in [0.2, 0.25) is 0 Å². The summed E-state index contributed by atoms with van der Waals surface area (Å²) in [6, 6.07) is 0.320. The van der Waals surface area contributed by atoms with E-state index >= 15 is 0 Å². The SMILES string of the molecule is Cl.c1cnc(Nc2cncc(C3CCCN3)n2)cn1. The van der Waals surface area contributed by atoms with Gasteiger partial charge < -0.3 is 10.6 Å². The summed E-state index contributed by atoms with van der Waals surface area (Å²) in [6.07, 6.45) is 10.7. The van der Waals surface area contributed by atoms with Crippen molar-refractivity contribution in [2.75, 3.05) is 11.9 Å². The van der Waals surface area contributed by atoms with Gasteiger partial charge in [0.15, 0.2) is 0 Å². The van der Waals surface area contributed by atoms with Crippen molar-refractivity contribution < 1.29 is 0 Å². The lowest BCUT2D eigenvalue weighted by atomic mass is 10.2. The minimum Gasteiger partial charge on any atom is -0.322 e. The molecule has 3 heterocycles. The summed E-state index contributed by atoms with van der Waals surface area (Å²) in [5, 5.41) is 6.50. The normalized spacial score (nSPS) is 17.8. The highest BCUT2D eigenvalue weighted by atomic mass is 35.5. The Morgan fingerprint density at radius 1 is 1.11 bits per heavy atom. The Morgan fingerprint density at radius 2 is 2.00 bits per heavy atom. The van der Waals surface area contributed by atoms with Gasteiger partial charge in [-0.3, -0.25) is 9.97 Å². The van der Waals surface area contributed by atoms with Crippen molar-refractivity contribution in [3.8, 4) is 0 Å². The van der Waals surface area contributed by atoms with E-state index in [9.17, 15) is 0 Å². The third kappa shape index (κ3) is 3.36. The maximum atomic E-state index is 4.55. The molecule has 0 saturated carbocycles. The number of anilines is 2. The predicted molar refractivity (Wildman–Crippen MR) is 74.6 cm³/mol. The van der Waals surface area contributed by atoms with Crippen LogP contribution in [0.4, 0.5) is 11.6 Å². The standard InChI is InChI=1S/C12H14N6.ClH/c1-2-9(15-3-1)10-6-14-8-12(17-10)18-11-7-13-4-5-16-11;/h4-9,15H,1-3H2,(H,16,17,18);1H. The van der Waals surface area contributed by atoms with Crippen LogP contribution in [-0.4, -0.2) is 26.5 Å². The lowest BCUT2D eigenvalue weighted by Crippen LogP contribution is -2.15. The van der Waals surface area contributed by atoms with Crippen LogP contribution in [0.1, 0.15) is 24.6 Å². The summed E-state index contributed by atoms with van der Waals surface area (Å²) >= 11 is 0. The summed E-state index contributed by atoms with van der Waals surface area (Å²) in [5.41, 5.74) is 0.974. The van der Waals surface area contributed by atoms with Crippen LogP contribution in [0.3, 0.4) is 0 Å². The van der Waals surface area contributed by atoms with Crippen LogP contribution in [0.25, 0.3) is 0 Å². The van der Waals surface area contributed by atoms with Crippen LogP contribution in [0.15, 0.2) is 31.0 Å². The van der Waals surface area contributed by atoms with E-state index in [0.717, 1.165) is 18.7 Å². The lowest BCUT2D eigenvalue weighted by molar-refractivity contribution is 0.625. The fourth-order valence-electron chi connectivity index (χ4n) is 2.04. The number of nitrogens with zero attached hydrogens (tertiary/aromatic N) is 4. The maximum Gasteiger partial charge on any atom is 0.150 e. The molecule has 3 rings (SSSR count). The first kappa shape index (κ1) is 13.6. The van der Waals surface area contributed by atoms with Gasteiger partial charge in [-0.15, -0.1) is 12.4 Å². The first-order valence-corrected chi connectivity index (χ1v) is 6.00. The van der Waals surface area contributed by atoms with Gasteiger partial charge in [0.05, 0.1) is 30.3 Å². The van der Waals surface area contributed by atoms with Gasteiger partial charge in [-0.05, 0) is 19.4 Å². The van der Waals surface area contributed by atoms with Gasteiger partial charge in [0, 0.05) is 12.4 Å². The van der Waals surface area contributed by atoms with Gasteiger partial charge >= 0.3 is 0 Å². The highest BCUT2D eigenvalue weighted by Gasteiger charge is 2.17. The molecule has 0 bridgehead atoms. The molecular weight excluding hydrogens is 264 g/mol. The molecule has 1 unspecified atom stereocenters. The number of hydrogen-bond acceptors (Lipinski definition) is 6. The van der Waals surface area contributed by atoms with E-state index < -0.39 is 0 Å². The summed E-state index contributed by atoms with van der Waals surface area (Å²) in [4.78, 5) is 16.9. The first-order chi connectivity index (χ1) is 8.92. The third-order valence-electron chi connectivity index (χ3n) is 2.89. The average Bonchev–Trinajstić information content (AvgIpc) is 2.94. The Morgan fingerprint density at radius 3 is 2.74 bits per heavy atom. The molecule has 0 aromatic carbocycles. The molecule has 1 aliphatic heterocycles. The van der Waals surface area contributed by atoms with Crippen LogP contribution in [0.2, 0.25) is 0 Å². The Kier molecular flexibility index (Phi) is 4.59. The molecule has 0 radical (unpaired) electrons. The smallest absolute Gasteiger partial charge is 0.150 e. The summed E-state index contributed by atoms with van der Waals surface area (Å²) in [6.45, 7) is 1.05. The van der Waals surface area contributed by atoms with Crippen molar-refractivity contribution in [3.05, 3.63) is 36.7 Å². The van der Waals surface area contributed by atoms with Crippen molar-refractivity contribution in [1.82, 2.24) is 25.3 Å². The Labute approximate surface area is 117 Å². The Balaban J connectivity index is 0.00000133. The molecule has 1 saturated heterocycles. The van der Waals surface area contributed by atoms with Crippen molar-refractivity contribution >= 4 is 24.0 Å². The van der Waals surface area contributed by atoms with Gasteiger partial charge in [0.25, 0.3) is 0 Å². The second-order valence-corrected chi connectivity index (χ2v) is 4.19. The molecule has 2 aromatic rings. The largest absolute Gasteiger partial charge is 0.322 e. The van der Waals surface area contributed by atoms with Gasteiger partial charge in [-0.1, -0.05) is 0 Å². The van der Waals surface area contributed by atoms with Crippen LogP contribution in [-0.2, 0) is 0 Å². The zero-order chi connectivity index (χ0) is 12.2. The molecular formula is C12H15ClN6. The quantitative estimate of drug-likeness (QED) is 0.892. The maximum absolute atomic E-state index is 4.55. The van der Waals surface area contributed by atoms with E-state index in [-0.39, 0.29) is 12.4 Å². The zero-order valence-electron chi connectivity index (χ0n) is 10.3. The number of aromatic nitrogens is 4. The van der Waals surface area contributed by atoms with E-state index in [4.69, 9.17) is 0 Å². The summed E-state index contributed by atoms with van der Waals surface area (Å²) in [7, 11) is 0. The number of rotatable bonds is 3. The highest BCUT2D eigenvalue weighted by molar-refractivity contribution is 5.85. The minimum atomic E-state index is 0. The number of halogens is 1. The zero-order valence-corrected chi connectivity index (χ0v) is 11.1. The van der Waals surface area contributed by atoms with E-state index in [0.29, 0.717) is 17.7 Å². The average molecular weight is 279 g/mol. The minimum absolute atomic E-state index is 0. The molecule has 1 atom stereocenters. The fraction of sp³-hybridized carbons (Fsp3) is 0.333. The molecule has 2 N–H and O–H groups in total. The van der Waals surface area contributed by atoms with Crippen molar-refractivity contribution in [2.24, 2.45) is 0 Å². The van der Waals surface area contributed by atoms with Crippen LogP contribution in [0.5, 0.6) is 0 Å². The van der Waals surface area contributed by atoms with Gasteiger partial charge in [-0.25, -0.2) is 9.97 Å². The number of hydrogen-bond donors (Lipinski definition) is 2. The topological polar surface area (TPSA) is 75.6 Å². The van der Waals surface area contributed by atoms with E-state index in [2.05, 4.69) is 30.6 Å². The molecule has 1 aliphatic rings. The molecule has 2 aromatic heterocycles. The Bertz CT molecular complexity index is 515. The summed E-state index contributed by atoms with van der Waals surface area (Å²) in [5.74, 6) is 1.37. The molecule has 100 valence electrons. The lowest BCUT2D eigenvalue weighted by Gasteiger charge is -2.10. The molecule has 6 nitrogen and oxygen atoms in total. The summed E-state index contributed by atoms with van der Waals surface area (Å²) < 4.78 is 0. The van der Waals surface area contributed by atoms with Gasteiger partial charge in [-0.2, -0.15) is 0 Å². The van der Waals surface area contributed by atoms with Crippen LogP contribution in [0, 0.1) is 0 Å². The van der Waals surface area contributed by atoms with E-state index in [1.165, 1.54) is 6.42 Å². The van der Waals surface area contributed by atoms with Crippen LogP contribution >= 0.6 is 12.4 Å². The molecule has 7 heteroatoms. The monoisotopic (exact) mass is 278 g/mol. The molecule has 0 spiro atoms. The fourth-order valence-corrected chi connectivity index (χ4v) is 2.04. The Hall–Kier alpha value is -1.79. The second-order valence-electron chi connectivity index (χ2n) is 4.19. The van der Waals surface area contributed by atoms with Crippen molar-refractivity contribution in [2.45, 2.75) is 18.9 Å². The van der Waals surface area contributed by atoms with E-state index in [1.54, 1.807) is 24.8 Å². The number of nitrogens with one attached hydrogen (secondary N) is 2. The third-order valence-corrected chi connectivity index (χ3v) is 2.89. The van der Waals surface area contributed by atoms with Crippen molar-refractivity contribution in [3.63, 3.8) is 0 Å². The van der Waals surface area contributed by atoms with Crippen molar-refractivity contribution in [1.29, 1.82) is 0 Å². The predicted octanol–water partition coefficient (Wildman–Crippen LogP) is 1.86. The van der Waals surface area contributed by atoms with Crippen LogP contribution < -0.4 is 10.6 Å². The molecule has 19 heavy (non-hydrogen) atoms.